The lowest BCUT2D eigenvalue weighted by atomic mass is 9.92. The molecule has 0 unspecified atom stereocenters. The van der Waals surface area contributed by atoms with Crippen molar-refractivity contribution in [3.63, 3.8) is 0 Å². The number of nitrogens with zero attached hydrogens (tertiary/aromatic N) is 1. The SMILES string of the molecule is CCC(CC)(CN)NC(=O)c1ccc(C(=O)N(C)C)cc1.Cl. The van der Waals surface area contributed by atoms with Gasteiger partial charge in [-0.3, -0.25) is 9.59 Å². The molecule has 0 aliphatic heterocycles. The lowest BCUT2D eigenvalue weighted by Crippen LogP contribution is -2.52. The first kappa shape index (κ1) is 20.4. The summed E-state index contributed by atoms with van der Waals surface area (Å²) < 4.78 is 0. The van der Waals surface area contributed by atoms with Crippen molar-refractivity contribution in [2.45, 2.75) is 32.2 Å². The fourth-order valence-corrected chi connectivity index (χ4v) is 2.10. The molecular weight excluding hydrogens is 302 g/mol. The molecule has 3 N–H and O–H groups in total. The highest BCUT2D eigenvalue weighted by Gasteiger charge is 2.26. The van der Waals surface area contributed by atoms with Gasteiger partial charge in [-0.1, -0.05) is 13.8 Å². The number of hydrogen-bond acceptors (Lipinski definition) is 3. The summed E-state index contributed by atoms with van der Waals surface area (Å²) in [5.74, 6) is -0.242. The minimum absolute atomic E-state index is 0. The summed E-state index contributed by atoms with van der Waals surface area (Å²) in [5.41, 5.74) is 6.52. The van der Waals surface area contributed by atoms with Gasteiger partial charge in [0.2, 0.25) is 0 Å². The van der Waals surface area contributed by atoms with Gasteiger partial charge in [0, 0.05) is 31.8 Å². The van der Waals surface area contributed by atoms with Crippen molar-refractivity contribution >= 4 is 24.2 Å². The zero-order chi connectivity index (χ0) is 16.0. The number of benzene rings is 1. The molecule has 0 heterocycles. The minimum Gasteiger partial charge on any atom is -0.345 e. The Morgan fingerprint density at radius 2 is 1.55 bits per heavy atom. The van der Waals surface area contributed by atoms with Crippen LogP contribution in [0.1, 0.15) is 47.4 Å². The fraction of sp³-hybridized carbons (Fsp3) is 0.500. The normalized spacial score (nSPS) is 10.6. The average molecular weight is 328 g/mol. The molecule has 0 spiro atoms. The van der Waals surface area contributed by atoms with Gasteiger partial charge in [-0.15, -0.1) is 12.4 Å². The third-order valence-electron chi connectivity index (χ3n) is 3.92. The molecule has 6 heteroatoms. The number of amides is 2. The Balaban J connectivity index is 0.00000441. The highest BCUT2D eigenvalue weighted by Crippen LogP contribution is 2.15. The molecule has 0 bridgehead atoms. The predicted molar refractivity (Wildman–Crippen MR) is 91.5 cm³/mol. The van der Waals surface area contributed by atoms with E-state index < -0.39 is 0 Å². The van der Waals surface area contributed by atoms with E-state index in [1.54, 1.807) is 38.4 Å². The maximum atomic E-state index is 12.3. The van der Waals surface area contributed by atoms with Crippen LogP contribution in [0, 0.1) is 0 Å². The summed E-state index contributed by atoms with van der Waals surface area (Å²) in [5, 5.41) is 3.01. The van der Waals surface area contributed by atoms with Crippen LogP contribution in [-0.4, -0.2) is 42.9 Å². The van der Waals surface area contributed by atoms with E-state index in [2.05, 4.69) is 5.32 Å². The van der Waals surface area contributed by atoms with E-state index in [0.717, 1.165) is 12.8 Å². The van der Waals surface area contributed by atoms with Gasteiger partial charge >= 0.3 is 0 Å². The van der Waals surface area contributed by atoms with E-state index in [9.17, 15) is 9.59 Å². The van der Waals surface area contributed by atoms with E-state index >= 15 is 0 Å². The number of halogens is 1. The Kier molecular flexibility index (Phi) is 8.12. The van der Waals surface area contributed by atoms with E-state index in [0.29, 0.717) is 17.7 Å². The number of rotatable bonds is 6. The van der Waals surface area contributed by atoms with Gasteiger partial charge < -0.3 is 16.0 Å². The van der Waals surface area contributed by atoms with Crippen molar-refractivity contribution in [1.29, 1.82) is 0 Å². The molecule has 1 aromatic carbocycles. The molecule has 0 radical (unpaired) electrons. The summed E-state index contributed by atoms with van der Waals surface area (Å²) in [6, 6.07) is 6.66. The molecule has 0 aromatic heterocycles. The van der Waals surface area contributed by atoms with E-state index in [1.165, 1.54) is 4.90 Å². The van der Waals surface area contributed by atoms with Gasteiger partial charge in [0.05, 0.1) is 5.54 Å². The van der Waals surface area contributed by atoms with Crippen molar-refractivity contribution < 1.29 is 9.59 Å². The molecule has 0 saturated carbocycles. The quantitative estimate of drug-likeness (QED) is 0.839. The first-order valence-corrected chi connectivity index (χ1v) is 7.23. The molecule has 2 amide bonds. The molecule has 5 nitrogen and oxygen atoms in total. The van der Waals surface area contributed by atoms with Gasteiger partial charge in [-0.25, -0.2) is 0 Å². The zero-order valence-electron chi connectivity index (χ0n) is 13.7. The molecule has 0 aliphatic carbocycles. The van der Waals surface area contributed by atoms with Gasteiger partial charge in [0.1, 0.15) is 0 Å². The summed E-state index contributed by atoms with van der Waals surface area (Å²) in [6.07, 6.45) is 1.56. The van der Waals surface area contributed by atoms with Gasteiger partial charge in [0.15, 0.2) is 0 Å². The number of nitrogens with two attached hydrogens (primary N) is 1. The molecule has 1 aromatic rings. The third-order valence-corrected chi connectivity index (χ3v) is 3.92. The van der Waals surface area contributed by atoms with Crippen LogP contribution in [0.2, 0.25) is 0 Å². The zero-order valence-corrected chi connectivity index (χ0v) is 14.5. The molecule has 124 valence electrons. The van der Waals surface area contributed by atoms with Crippen LogP contribution in [0.25, 0.3) is 0 Å². The van der Waals surface area contributed by atoms with Crippen molar-refractivity contribution in [3.05, 3.63) is 35.4 Å². The van der Waals surface area contributed by atoms with Crippen LogP contribution in [0.15, 0.2) is 24.3 Å². The van der Waals surface area contributed by atoms with Crippen LogP contribution in [-0.2, 0) is 0 Å². The molecule has 0 atom stereocenters. The van der Waals surface area contributed by atoms with E-state index in [-0.39, 0.29) is 29.8 Å². The number of hydrogen-bond donors (Lipinski definition) is 2. The standard InChI is InChI=1S/C16H25N3O2.ClH/c1-5-16(6-2,11-17)18-14(20)12-7-9-13(10-8-12)15(21)19(3)4;/h7-10H,5-6,11,17H2,1-4H3,(H,18,20);1H. The lowest BCUT2D eigenvalue weighted by Gasteiger charge is -2.31. The summed E-state index contributed by atoms with van der Waals surface area (Å²) in [6.45, 7) is 4.42. The van der Waals surface area contributed by atoms with Gasteiger partial charge in [0.25, 0.3) is 11.8 Å². The van der Waals surface area contributed by atoms with Crippen molar-refractivity contribution in [2.75, 3.05) is 20.6 Å². The van der Waals surface area contributed by atoms with Crippen LogP contribution in [0.3, 0.4) is 0 Å². The molecule has 22 heavy (non-hydrogen) atoms. The van der Waals surface area contributed by atoms with Crippen LogP contribution in [0.4, 0.5) is 0 Å². The summed E-state index contributed by atoms with van der Waals surface area (Å²) in [4.78, 5) is 25.6. The summed E-state index contributed by atoms with van der Waals surface area (Å²) >= 11 is 0. The summed E-state index contributed by atoms with van der Waals surface area (Å²) in [7, 11) is 3.39. The van der Waals surface area contributed by atoms with Crippen molar-refractivity contribution in [3.8, 4) is 0 Å². The second kappa shape index (κ2) is 8.76. The third kappa shape index (κ3) is 4.71. The van der Waals surface area contributed by atoms with Crippen LogP contribution >= 0.6 is 12.4 Å². The van der Waals surface area contributed by atoms with Gasteiger partial charge in [-0.05, 0) is 37.1 Å². The monoisotopic (exact) mass is 327 g/mol. The molecule has 0 saturated heterocycles. The molecule has 1 rings (SSSR count). The maximum absolute atomic E-state index is 12.3. The first-order chi connectivity index (χ1) is 9.89. The number of carbonyl (C=O) groups is 2. The average Bonchev–Trinajstić information content (AvgIpc) is 2.52. The van der Waals surface area contributed by atoms with Crippen molar-refractivity contribution in [1.82, 2.24) is 10.2 Å². The number of carbonyl (C=O) groups excluding carboxylic acids is 2. The van der Waals surface area contributed by atoms with Gasteiger partial charge in [-0.2, -0.15) is 0 Å². The Bertz CT molecular complexity index is 488. The largest absolute Gasteiger partial charge is 0.345 e. The Hall–Kier alpha value is -1.59. The van der Waals surface area contributed by atoms with Crippen LogP contribution < -0.4 is 11.1 Å². The second-order valence-corrected chi connectivity index (χ2v) is 5.42. The Morgan fingerprint density at radius 1 is 1.09 bits per heavy atom. The number of nitrogens with one attached hydrogen (secondary N) is 1. The highest BCUT2D eigenvalue weighted by atomic mass is 35.5. The fourth-order valence-electron chi connectivity index (χ4n) is 2.10. The maximum Gasteiger partial charge on any atom is 0.253 e. The first-order valence-electron chi connectivity index (χ1n) is 7.23. The second-order valence-electron chi connectivity index (χ2n) is 5.42. The van der Waals surface area contributed by atoms with E-state index in [4.69, 9.17) is 5.73 Å². The van der Waals surface area contributed by atoms with Crippen LogP contribution in [0.5, 0.6) is 0 Å². The molecule has 0 fully saturated rings. The Labute approximate surface area is 138 Å². The Morgan fingerprint density at radius 3 is 1.91 bits per heavy atom. The molecule has 0 aliphatic rings. The molecular formula is C16H26ClN3O2. The smallest absolute Gasteiger partial charge is 0.253 e. The lowest BCUT2D eigenvalue weighted by molar-refractivity contribution is 0.0825. The minimum atomic E-state index is -0.366. The van der Waals surface area contributed by atoms with Crippen molar-refractivity contribution in [2.24, 2.45) is 5.73 Å². The highest BCUT2D eigenvalue weighted by molar-refractivity contribution is 5.97. The topological polar surface area (TPSA) is 75.4 Å². The predicted octanol–water partition coefficient (Wildman–Crippen LogP) is 2.06. The van der Waals surface area contributed by atoms with E-state index in [1.807, 2.05) is 13.8 Å².